The fourth-order valence-electron chi connectivity index (χ4n) is 4.44. The lowest BCUT2D eigenvalue weighted by Gasteiger charge is -2.33. The molecule has 1 unspecified atom stereocenters. The standard InChI is InChI=1S/C24H24ClFN2O/c1-15(28-24(29)18-6-8-19(25)9-7-18)16-2-4-17(5-3-16)21-12-13-27-23-11-10-20(26)14-22(21)23/h6-17H,2-5H2,1H3,(H,28,29). The maximum Gasteiger partial charge on any atom is 0.251 e. The van der Waals surface area contributed by atoms with Crippen molar-refractivity contribution in [2.24, 2.45) is 5.92 Å². The minimum atomic E-state index is -0.223. The van der Waals surface area contributed by atoms with E-state index in [1.165, 1.54) is 11.6 Å². The number of pyridine rings is 1. The first-order valence-corrected chi connectivity index (χ1v) is 10.5. The summed E-state index contributed by atoms with van der Waals surface area (Å²) in [5.41, 5.74) is 2.65. The van der Waals surface area contributed by atoms with Gasteiger partial charge in [-0.3, -0.25) is 9.78 Å². The Morgan fingerprint density at radius 1 is 1.10 bits per heavy atom. The van der Waals surface area contributed by atoms with Gasteiger partial charge in [0.1, 0.15) is 5.82 Å². The second-order valence-corrected chi connectivity index (χ2v) is 8.38. The number of hydrogen-bond donors (Lipinski definition) is 1. The van der Waals surface area contributed by atoms with E-state index in [2.05, 4.69) is 17.2 Å². The fourth-order valence-corrected chi connectivity index (χ4v) is 4.56. The fraction of sp³-hybridized carbons (Fsp3) is 0.333. The summed E-state index contributed by atoms with van der Waals surface area (Å²) in [6.45, 7) is 2.08. The number of halogens is 2. The molecule has 1 saturated carbocycles. The number of nitrogens with zero attached hydrogens (tertiary/aromatic N) is 1. The van der Waals surface area contributed by atoms with Crippen LogP contribution in [0.5, 0.6) is 0 Å². The molecule has 0 aliphatic heterocycles. The van der Waals surface area contributed by atoms with E-state index in [-0.39, 0.29) is 17.8 Å². The monoisotopic (exact) mass is 410 g/mol. The molecular formula is C24H24ClFN2O. The number of rotatable bonds is 4. The molecule has 0 radical (unpaired) electrons. The van der Waals surface area contributed by atoms with Crippen molar-refractivity contribution in [3.63, 3.8) is 0 Å². The molecule has 3 nitrogen and oxygen atoms in total. The number of carbonyl (C=O) groups excluding carboxylic acids is 1. The molecule has 0 saturated heterocycles. The number of carbonyl (C=O) groups is 1. The normalized spacial score (nSPS) is 20.4. The molecule has 29 heavy (non-hydrogen) atoms. The number of amides is 1. The zero-order chi connectivity index (χ0) is 20.4. The number of benzene rings is 2. The summed E-state index contributed by atoms with van der Waals surface area (Å²) in [5, 5.41) is 4.67. The molecule has 1 aliphatic rings. The molecule has 0 bridgehead atoms. The predicted octanol–water partition coefficient (Wildman–Crippen LogP) is 6.12. The molecule has 2 aromatic carbocycles. The molecule has 4 rings (SSSR count). The summed E-state index contributed by atoms with van der Waals surface area (Å²) in [6, 6.07) is 13.9. The van der Waals surface area contributed by atoms with Gasteiger partial charge < -0.3 is 5.32 Å². The van der Waals surface area contributed by atoms with Crippen LogP contribution in [0.25, 0.3) is 10.9 Å². The lowest BCUT2D eigenvalue weighted by atomic mass is 9.75. The van der Waals surface area contributed by atoms with Gasteiger partial charge in [-0.1, -0.05) is 11.6 Å². The van der Waals surface area contributed by atoms with E-state index in [1.54, 1.807) is 36.4 Å². The minimum Gasteiger partial charge on any atom is -0.349 e. The Balaban J connectivity index is 1.40. The van der Waals surface area contributed by atoms with Crippen molar-refractivity contribution >= 4 is 28.4 Å². The highest BCUT2D eigenvalue weighted by molar-refractivity contribution is 6.30. The average molecular weight is 411 g/mol. The van der Waals surface area contributed by atoms with Crippen molar-refractivity contribution in [2.75, 3.05) is 0 Å². The summed E-state index contributed by atoms with van der Waals surface area (Å²) in [7, 11) is 0. The van der Waals surface area contributed by atoms with Crippen LogP contribution < -0.4 is 5.32 Å². The molecule has 1 N–H and O–H groups in total. The van der Waals surface area contributed by atoms with Crippen LogP contribution in [0.1, 0.15) is 54.4 Å². The molecule has 1 aliphatic carbocycles. The Hall–Kier alpha value is -2.46. The number of nitrogens with one attached hydrogen (secondary N) is 1. The van der Waals surface area contributed by atoms with Crippen LogP contribution >= 0.6 is 11.6 Å². The SMILES string of the molecule is CC(NC(=O)c1ccc(Cl)cc1)C1CCC(c2ccnc3ccc(F)cc23)CC1. The van der Waals surface area contributed by atoms with Crippen molar-refractivity contribution < 1.29 is 9.18 Å². The van der Waals surface area contributed by atoms with Gasteiger partial charge in [0.25, 0.3) is 5.91 Å². The first-order chi connectivity index (χ1) is 14.0. The lowest BCUT2D eigenvalue weighted by molar-refractivity contribution is 0.0918. The first kappa shape index (κ1) is 19.8. The summed E-state index contributed by atoms with van der Waals surface area (Å²) >= 11 is 5.90. The largest absolute Gasteiger partial charge is 0.349 e. The van der Waals surface area contributed by atoms with E-state index in [0.29, 0.717) is 22.4 Å². The first-order valence-electron chi connectivity index (χ1n) is 10.1. The molecule has 1 heterocycles. The van der Waals surface area contributed by atoms with Gasteiger partial charge in [-0.15, -0.1) is 0 Å². The van der Waals surface area contributed by atoms with Crippen molar-refractivity contribution in [3.8, 4) is 0 Å². The third-order valence-corrected chi connectivity index (χ3v) is 6.37. The molecular weight excluding hydrogens is 387 g/mol. The molecule has 1 aromatic heterocycles. The summed E-state index contributed by atoms with van der Waals surface area (Å²) in [5.74, 6) is 0.552. The highest BCUT2D eigenvalue weighted by atomic mass is 35.5. The van der Waals surface area contributed by atoms with Gasteiger partial charge in [-0.05, 0) is 98.5 Å². The quantitative estimate of drug-likeness (QED) is 0.563. The van der Waals surface area contributed by atoms with Crippen LogP contribution in [0.3, 0.4) is 0 Å². The molecule has 3 aromatic rings. The second kappa shape index (κ2) is 8.50. The third kappa shape index (κ3) is 4.43. The van der Waals surface area contributed by atoms with Gasteiger partial charge in [0.05, 0.1) is 5.52 Å². The molecule has 150 valence electrons. The van der Waals surface area contributed by atoms with E-state index in [0.717, 1.165) is 36.6 Å². The zero-order valence-corrected chi connectivity index (χ0v) is 17.1. The van der Waals surface area contributed by atoms with Gasteiger partial charge in [0, 0.05) is 28.2 Å². The maximum absolute atomic E-state index is 13.8. The van der Waals surface area contributed by atoms with Crippen molar-refractivity contribution in [3.05, 3.63) is 76.7 Å². The lowest BCUT2D eigenvalue weighted by Crippen LogP contribution is -2.39. The molecule has 1 atom stereocenters. The van der Waals surface area contributed by atoms with Crippen molar-refractivity contribution in [1.82, 2.24) is 10.3 Å². The highest BCUT2D eigenvalue weighted by Crippen LogP contribution is 2.39. The van der Waals surface area contributed by atoms with Gasteiger partial charge in [-0.25, -0.2) is 4.39 Å². The van der Waals surface area contributed by atoms with Gasteiger partial charge in [0.15, 0.2) is 0 Å². The maximum atomic E-state index is 13.8. The molecule has 5 heteroatoms. The van der Waals surface area contributed by atoms with E-state index >= 15 is 0 Å². The van der Waals surface area contributed by atoms with Crippen LogP contribution in [0.15, 0.2) is 54.7 Å². The summed E-state index contributed by atoms with van der Waals surface area (Å²) in [6.07, 6.45) is 5.94. The van der Waals surface area contributed by atoms with Crippen LogP contribution in [-0.4, -0.2) is 16.9 Å². The Kier molecular flexibility index (Phi) is 5.81. The number of fused-ring (bicyclic) bond motifs is 1. The zero-order valence-electron chi connectivity index (χ0n) is 16.4. The topological polar surface area (TPSA) is 42.0 Å². The van der Waals surface area contributed by atoms with Crippen molar-refractivity contribution in [1.29, 1.82) is 0 Å². The van der Waals surface area contributed by atoms with Crippen LogP contribution in [0.4, 0.5) is 4.39 Å². The van der Waals surface area contributed by atoms with E-state index < -0.39 is 0 Å². The van der Waals surface area contributed by atoms with Gasteiger partial charge >= 0.3 is 0 Å². The van der Waals surface area contributed by atoms with Crippen molar-refractivity contribution in [2.45, 2.75) is 44.6 Å². The molecule has 1 amide bonds. The minimum absolute atomic E-state index is 0.0631. The Labute approximate surface area is 175 Å². The smallest absolute Gasteiger partial charge is 0.251 e. The third-order valence-electron chi connectivity index (χ3n) is 6.12. The van der Waals surface area contributed by atoms with Gasteiger partial charge in [-0.2, -0.15) is 0 Å². The Bertz CT molecular complexity index is 1010. The van der Waals surface area contributed by atoms with Crippen LogP contribution in [0.2, 0.25) is 5.02 Å². The summed E-state index contributed by atoms with van der Waals surface area (Å²) < 4.78 is 13.8. The molecule has 0 spiro atoms. The average Bonchev–Trinajstić information content (AvgIpc) is 2.74. The van der Waals surface area contributed by atoms with Crippen LogP contribution in [0, 0.1) is 11.7 Å². The van der Waals surface area contributed by atoms with Gasteiger partial charge in [0.2, 0.25) is 0 Å². The number of hydrogen-bond acceptors (Lipinski definition) is 2. The highest BCUT2D eigenvalue weighted by Gasteiger charge is 2.28. The van der Waals surface area contributed by atoms with E-state index in [1.807, 2.05) is 12.3 Å². The predicted molar refractivity (Wildman–Crippen MR) is 115 cm³/mol. The Morgan fingerprint density at radius 2 is 1.83 bits per heavy atom. The molecule has 1 fully saturated rings. The second-order valence-electron chi connectivity index (χ2n) is 7.94. The van der Waals surface area contributed by atoms with E-state index in [4.69, 9.17) is 11.6 Å². The summed E-state index contributed by atoms with van der Waals surface area (Å²) in [4.78, 5) is 16.8. The Morgan fingerprint density at radius 3 is 2.55 bits per heavy atom. The van der Waals surface area contributed by atoms with Crippen LogP contribution in [-0.2, 0) is 0 Å². The number of aromatic nitrogens is 1. The van der Waals surface area contributed by atoms with E-state index in [9.17, 15) is 9.18 Å².